The van der Waals surface area contributed by atoms with Gasteiger partial charge in [0.05, 0.1) is 12.2 Å². The lowest BCUT2D eigenvalue weighted by Gasteiger charge is -2.61. The van der Waals surface area contributed by atoms with E-state index in [0.717, 1.165) is 90.3 Å². The molecule has 2 heterocycles. The van der Waals surface area contributed by atoms with Crippen molar-refractivity contribution >= 4 is 15.9 Å². The molecule has 3 saturated carbocycles. The van der Waals surface area contributed by atoms with E-state index in [1.54, 1.807) is 6.92 Å². The molecule has 50 heavy (non-hydrogen) atoms. The van der Waals surface area contributed by atoms with E-state index in [4.69, 9.17) is 28.4 Å². The molecule has 6 aliphatic rings. The maximum atomic E-state index is 15.7. The molecule has 5 fully saturated rings. The third kappa shape index (κ3) is 7.82. The monoisotopic (exact) mass is 772 g/mol. The van der Waals surface area contributed by atoms with Crippen molar-refractivity contribution < 1.29 is 37.2 Å². The van der Waals surface area contributed by atoms with Crippen LogP contribution in [0.4, 0.5) is 8.78 Å². The number of hydrogen-bond acceptors (Lipinski definition) is 6. The van der Waals surface area contributed by atoms with Gasteiger partial charge in [-0.3, -0.25) is 0 Å². The molecule has 0 spiro atoms. The van der Waals surface area contributed by atoms with Gasteiger partial charge in [0, 0.05) is 42.9 Å². The fourth-order valence-corrected chi connectivity index (χ4v) is 12.7. The summed E-state index contributed by atoms with van der Waals surface area (Å²) in [7, 11) is 0. The Morgan fingerprint density at radius 2 is 1.62 bits per heavy atom. The normalized spacial score (nSPS) is 42.2. The van der Waals surface area contributed by atoms with Crippen LogP contribution in [0, 0.1) is 40.4 Å². The lowest BCUT2D eigenvalue weighted by molar-refractivity contribution is -0.264. The van der Waals surface area contributed by atoms with Gasteiger partial charge in [-0.05, 0) is 140 Å². The second-order valence-corrected chi connectivity index (χ2v) is 18.8. The number of allylic oxidation sites excluding steroid dienone is 1. The van der Waals surface area contributed by atoms with Gasteiger partial charge in [0.1, 0.15) is 5.60 Å². The number of ether oxygens (including phenoxy) is 6. The first-order chi connectivity index (χ1) is 23.7. The average Bonchev–Trinajstić information content (AvgIpc) is 3.42. The summed E-state index contributed by atoms with van der Waals surface area (Å²) in [6.07, 6.45) is 14.8. The summed E-state index contributed by atoms with van der Waals surface area (Å²) in [6.45, 7) is 15.8. The van der Waals surface area contributed by atoms with Crippen molar-refractivity contribution in [1.29, 1.82) is 0 Å². The molecule has 0 aromatic heterocycles. The Bertz CT molecular complexity index is 1160. The van der Waals surface area contributed by atoms with Crippen molar-refractivity contribution in [3.05, 3.63) is 11.6 Å². The average molecular weight is 774 g/mol. The minimum absolute atomic E-state index is 0.0189. The van der Waals surface area contributed by atoms with Crippen LogP contribution in [0.5, 0.6) is 0 Å². The molecule has 6 nitrogen and oxygen atoms in total. The van der Waals surface area contributed by atoms with E-state index in [1.165, 1.54) is 19.4 Å². The first-order valence-electron chi connectivity index (χ1n) is 20.3. The van der Waals surface area contributed by atoms with Gasteiger partial charge in [0.25, 0.3) is 5.92 Å². The first kappa shape index (κ1) is 39.5. The molecule has 0 bridgehead atoms. The maximum absolute atomic E-state index is 15.7. The fourth-order valence-electron chi connectivity index (χ4n) is 11.6. The van der Waals surface area contributed by atoms with Crippen LogP contribution in [0.25, 0.3) is 0 Å². The maximum Gasteiger partial charge on any atom is 0.276 e. The number of rotatable bonds is 13. The molecule has 0 aromatic rings. The van der Waals surface area contributed by atoms with Crippen LogP contribution in [-0.2, 0) is 28.4 Å². The smallest absolute Gasteiger partial charge is 0.276 e. The van der Waals surface area contributed by atoms with Crippen molar-refractivity contribution in [2.45, 2.75) is 186 Å². The van der Waals surface area contributed by atoms with E-state index in [0.29, 0.717) is 36.7 Å². The molecular weight excluding hydrogens is 706 g/mol. The third-order valence-corrected chi connectivity index (χ3v) is 15.3. The number of halogens is 3. The number of hydrogen-bond donors (Lipinski definition) is 0. The van der Waals surface area contributed by atoms with E-state index in [1.807, 2.05) is 6.92 Å². The zero-order chi connectivity index (χ0) is 35.9. The largest absolute Gasteiger partial charge is 0.353 e. The Kier molecular flexibility index (Phi) is 12.6. The summed E-state index contributed by atoms with van der Waals surface area (Å²) in [4.78, 5) is 0.278. The van der Waals surface area contributed by atoms with E-state index in [9.17, 15) is 0 Å². The van der Waals surface area contributed by atoms with Crippen molar-refractivity contribution in [1.82, 2.24) is 0 Å². The standard InChI is InChI=1S/C41H67BrF2O6/c1-8-45-27(3)50-38(4,5)41(43,44)20-17-26(2)30-15-16-31-37-32(18-19-39(30,31)6)40(7)28(24-33(37)42)23-29(48-35-13-9-11-21-46-35)25-34(40)49-36-14-10-12-22-47-36/h24,26-27,29-37H,8-23,25H2,1-7H3/t26-,27?,29-,30-,31+,32+,33?,34+,35?,36?,37+,39-,40+/m1/s1. The van der Waals surface area contributed by atoms with E-state index in [-0.39, 0.29) is 52.8 Å². The summed E-state index contributed by atoms with van der Waals surface area (Å²) in [5.74, 6) is -0.820. The summed E-state index contributed by atoms with van der Waals surface area (Å²) in [5, 5.41) is 0. The molecule has 0 aromatic carbocycles. The van der Waals surface area contributed by atoms with Crippen LogP contribution >= 0.6 is 15.9 Å². The minimum Gasteiger partial charge on any atom is -0.353 e. The zero-order valence-electron chi connectivity index (χ0n) is 32.0. The summed E-state index contributed by atoms with van der Waals surface area (Å²) >= 11 is 4.25. The molecular formula is C41H67BrF2O6. The zero-order valence-corrected chi connectivity index (χ0v) is 33.6. The van der Waals surface area contributed by atoms with Gasteiger partial charge in [0.2, 0.25) is 0 Å². The van der Waals surface area contributed by atoms with Crippen molar-refractivity contribution in [2.24, 2.45) is 40.4 Å². The Morgan fingerprint density at radius 1 is 0.940 bits per heavy atom. The quantitative estimate of drug-likeness (QED) is 0.106. The third-order valence-electron chi connectivity index (χ3n) is 14.5. The molecule has 2 saturated heterocycles. The highest BCUT2D eigenvalue weighted by molar-refractivity contribution is 9.09. The molecule has 6 rings (SSSR count). The molecule has 2 aliphatic heterocycles. The van der Waals surface area contributed by atoms with Gasteiger partial charge in [-0.25, -0.2) is 8.78 Å². The molecule has 9 heteroatoms. The van der Waals surface area contributed by atoms with Crippen molar-refractivity contribution in [2.75, 3.05) is 19.8 Å². The second-order valence-electron chi connectivity index (χ2n) is 17.7. The molecule has 0 amide bonds. The molecule has 0 N–H and O–H groups in total. The molecule has 4 aliphatic carbocycles. The summed E-state index contributed by atoms with van der Waals surface area (Å²) < 4.78 is 68.5. The Balaban J connectivity index is 1.18. The first-order valence-corrected chi connectivity index (χ1v) is 21.2. The highest BCUT2D eigenvalue weighted by Crippen LogP contribution is 2.68. The number of fused-ring (bicyclic) bond motifs is 5. The van der Waals surface area contributed by atoms with Gasteiger partial charge in [0.15, 0.2) is 18.9 Å². The molecule has 0 radical (unpaired) electrons. The van der Waals surface area contributed by atoms with Gasteiger partial charge in [-0.1, -0.05) is 48.4 Å². The summed E-state index contributed by atoms with van der Waals surface area (Å²) in [5.41, 5.74) is -0.0900. The van der Waals surface area contributed by atoms with Crippen LogP contribution in [0.2, 0.25) is 0 Å². The van der Waals surface area contributed by atoms with E-state index in [2.05, 4.69) is 42.8 Å². The van der Waals surface area contributed by atoms with Gasteiger partial charge < -0.3 is 28.4 Å². The highest BCUT2D eigenvalue weighted by atomic mass is 79.9. The van der Waals surface area contributed by atoms with Crippen LogP contribution in [0.3, 0.4) is 0 Å². The van der Waals surface area contributed by atoms with E-state index < -0.39 is 17.8 Å². The van der Waals surface area contributed by atoms with Crippen LogP contribution in [0.1, 0.15) is 138 Å². The highest BCUT2D eigenvalue weighted by Gasteiger charge is 2.63. The topological polar surface area (TPSA) is 55.4 Å². The van der Waals surface area contributed by atoms with Crippen LogP contribution in [-0.4, -0.2) is 67.2 Å². The van der Waals surface area contributed by atoms with Crippen LogP contribution < -0.4 is 0 Å². The lowest BCUT2D eigenvalue weighted by Crippen LogP contribution is -2.59. The van der Waals surface area contributed by atoms with Crippen molar-refractivity contribution in [3.63, 3.8) is 0 Å². The predicted octanol–water partition coefficient (Wildman–Crippen LogP) is 10.6. The fraction of sp³-hybridized carbons (Fsp3) is 0.951. The lowest BCUT2D eigenvalue weighted by atomic mass is 9.46. The van der Waals surface area contributed by atoms with Crippen molar-refractivity contribution in [3.8, 4) is 0 Å². The van der Waals surface area contributed by atoms with Gasteiger partial charge >= 0.3 is 0 Å². The second kappa shape index (κ2) is 15.9. The predicted molar refractivity (Wildman–Crippen MR) is 195 cm³/mol. The SMILES string of the molecule is CCOC(C)OC(C)(C)C(F)(F)CC[C@@H](C)[C@H]1CC[C@H]2[C@@H]3C(Br)C=C4C[C@@H](OC5CCCCO5)C[C@H](OC5CCCCO5)[C@]4(C)[C@H]3CC[C@]12C. The van der Waals surface area contributed by atoms with E-state index >= 15 is 8.78 Å². The van der Waals surface area contributed by atoms with Gasteiger partial charge in [-0.15, -0.1) is 0 Å². The Labute approximate surface area is 309 Å². The summed E-state index contributed by atoms with van der Waals surface area (Å²) in [6, 6.07) is 0. The Morgan fingerprint density at radius 3 is 2.26 bits per heavy atom. The van der Waals surface area contributed by atoms with Crippen LogP contribution in [0.15, 0.2) is 11.6 Å². The minimum atomic E-state index is -2.95. The molecule has 288 valence electrons. The Hall–Kier alpha value is -0.160. The number of alkyl halides is 3. The van der Waals surface area contributed by atoms with Gasteiger partial charge in [-0.2, -0.15) is 0 Å². The molecule has 4 unspecified atom stereocenters. The molecule has 13 atom stereocenters.